The van der Waals surface area contributed by atoms with Crippen LogP contribution in [0.15, 0.2) is 67.0 Å². The molecule has 0 spiro atoms. The molecule has 26 heavy (non-hydrogen) atoms. The van der Waals surface area contributed by atoms with Gasteiger partial charge in [-0.25, -0.2) is 4.39 Å². The Balaban J connectivity index is 2.26. The van der Waals surface area contributed by atoms with Gasteiger partial charge in [-0.15, -0.1) is 0 Å². The molecule has 2 aromatic carbocycles. The van der Waals surface area contributed by atoms with Crippen molar-refractivity contribution in [2.75, 3.05) is 12.0 Å². The van der Waals surface area contributed by atoms with Crippen LogP contribution in [0, 0.1) is 5.82 Å². The number of nitrogens with zero attached hydrogens (tertiary/aromatic N) is 2. The van der Waals surface area contributed by atoms with Crippen molar-refractivity contribution in [2.45, 2.75) is 6.18 Å². The van der Waals surface area contributed by atoms with Crippen LogP contribution in [-0.4, -0.2) is 12.1 Å². The van der Waals surface area contributed by atoms with E-state index in [2.05, 4.69) is 4.98 Å². The fourth-order valence-electron chi connectivity index (χ4n) is 2.60. The minimum atomic E-state index is -4.71. The van der Waals surface area contributed by atoms with Gasteiger partial charge < -0.3 is 9.64 Å². The Bertz CT molecular complexity index is 880. The van der Waals surface area contributed by atoms with Gasteiger partial charge in [0.25, 0.3) is 0 Å². The average molecular weight is 362 g/mol. The molecule has 1 aromatic heterocycles. The molecule has 1 heterocycles. The van der Waals surface area contributed by atoms with Crippen molar-refractivity contribution in [3.05, 3.63) is 78.4 Å². The lowest BCUT2D eigenvalue weighted by molar-refractivity contribution is -0.137. The number of alkyl halides is 3. The highest BCUT2D eigenvalue weighted by atomic mass is 19.4. The maximum atomic E-state index is 14.6. The van der Waals surface area contributed by atoms with Crippen LogP contribution in [0.4, 0.5) is 34.6 Å². The number of pyridine rings is 1. The molecule has 0 unspecified atom stereocenters. The Labute approximate surface area is 147 Å². The molecule has 0 fully saturated rings. The molecular formula is C19H14F4N2O. The molecular weight excluding hydrogens is 348 g/mol. The molecule has 3 nitrogen and oxygen atoms in total. The predicted octanol–water partition coefficient (Wildman–Crippen LogP) is 5.72. The third-order valence-corrected chi connectivity index (χ3v) is 3.77. The van der Waals surface area contributed by atoms with Crippen LogP contribution >= 0.6 is 0 Å². The summed E-state index contributed by atoms with van der Waals surface area (Å²) < 4.78 is 60.2. The number of ether oxygens (including phenoxy) is 1. The van der Waals surface area contributed by atoms with Gasteiger partial charge in [0.2, 0.25) is 0 Å². The SMILES string of the molecule is COc1ccc(N(c2ccncc2)c2c(F)cccc2C(F)(F)F)cc1. The van der Waals surface area contributed by atoms with E-state index in [1.807, 2.05) is 0 Å². The molecule has 0 saturated carbocycles. The van der Waals surface area contributed by atoms with Crippen molar-refractivity contribution in [3.8, 4) is 5.75 Å². The normalized spacial score (nSPS) is 11.3. The third-order valence-electron chi connectivity index (χ3n) is 3.77. The van der Waals surface area contributed by atoms with Crippen molar-refractivity contribution < 1.29 is 22.3 Å². The van der Waals surface area contributed by atoms with Crippen molar-refractivity contribution in [3.63, 3.8) is 0 Å². The van der Waals surface area contributed by atoms with Gasteiger partial charge in [-0.3, -0.25) is 4.98 Å². The van der Waals surface area contributed by atoms with E-state index in [-0.39, 0.29) is 0 Å². The minimum absolute atomic E-state index is 0.348. The topological polar surface area (TPSA) is 25.4 Å². The monoisotopic (exact) mass is 362 g/mol. The fraction of sp³-hybridized carbons (Fsp3) is 0.105. The highest BCUT2D eigenvalue weighted by molar-refractivity contribution is 5.79. The number of aromatic nitrogens is 1. The zero-order valence-electron chi connectivity index (χ0n) is 13.7. The Morgan fingerprint density at radius 2 is 1.50 bits per heavy atom. The molecule has 0 bridgehead atoms. The third kappa shape index (κ3) is 3.46. The van der Waals surface area contributed by atoms with Crippen molar-refractivity contribution in [1.82, 2.24) is 4.98 Å². The van der Waals surface area contributed by atoms with Crippen molar-refractivity contribution in [1.29, 1.82) is 0 Å². The summed E-state index contributed by atoms with van der Waals surface area (Å²) in [6.45, 7) is 0. The molecule has 0 amide bonds. The van der Waals surface area contributed by atoms with Crippen LogP contribution in [-0.2, 0) is 6.18 Å². The van der Waals surface area contributed by atoms with Crippen LogP contribution < -0.4 is 9.64 Å². The van der Waals surface area contributed by atoms with Gasteiger partial charge in [0.05, 0.1) is 18.4 Å². The Hall–Kier alpha value is -3.09. The van der Waals surface area contributed by atoms with Gasteiger partial charge >= 0.3 is 6.18 Å². The first kappa shape index (κ1) is 17.7. The summed E-state index contributed by atoms with van der Waals surface area (Å²) in [6.07, 6.45) is -1.85. The number of methoxy groups -OCH3 is 1. The highest BCUT2D eigenvalue weighted by Gasteiger charge is 2.37. The van der Waals surface area contributed by atoms with Gasteiger partial charge in [0.1, 0.15) is 11.6 Å². The molecule has 7 heteroatoms. The maximum Gasteiger partial charge on any atom is 0.418 e. The average Bonchev–Trinajstić information content (AvgIpc) is 2.64. The maximum absolute atomic E-state index is 14.6. The summed E-state index contributed by atoms with van der Waals surface area (Å²) in [5, 5.41) is 0. The van der Waals surface area contributed by atoms with Crippen LogP contribution in [0.1, 0.15) is 5.56 Å². The molecule has 0 radical (unpaired) electrons. The summed E-state index contributed by atoms with van der Waals surface area (Å²) in [5.74, 6) is -0.444. The largest absolute Gasteiger partial charge is 0.497 e. The summed E-state index contributed by atoms with van der Waals surface area (Å²) in [4.78, 5) is 5.08. The number of benzene rings is 2. The first-order chi connectivity index (χ1) is 12.4. The first-order valence-electron chi connectivity index (χ1n) is 7.61. The quantitative estimate of drug-likeness (QED) is 0.555. The summed E-state index contributed by atoms with van der Waals surface area (Å²) in [7, 11) is 1.48. The summed E-state index contributed by atoms with van der Waals surface area (Å²) in [5.41, 5.74) is -0.935. The smallest absolute Gasteiger partial charge is 0.418 e. The van der Waals surface area contributed by atoms with E-state index in [4.69, 9.17) is 4.74 Å². The molecule has 3 aromatic rings. The molecule has 0 aliphatic heterocycles. The standard InChI is InChI=1S/C19H14F4N2O/c1-26-15-7-5-13(6-8-15)25(14-9-11-24-12-10-14)18-16(19(21,22)23)3-2-4-17(18)20/h2-12H,1H3. The number of hydrogen-bond donors (Lipinski definition) is 0. The van der Waals surface area contributed by atoms with Crippen molar-refractivity contribution in [2.24, 2.45) is 0 Å². The van der Waals surface area contributed by atoms with Crippen LogP contribution in [0.3, 0.4) is 0 Å². The second-order valence-corrected chi connectivity index (χ2v) is 5.37. The second-order valence-electron chi connectivity index (χ2n) is 5.37. The zero-order valence-corrected chi connectivity index (χ0v) is 13.7. The molecule has 3 rings (SSSR count). The van der Waals surface area contributed by atoms with Crippen LogP contribution in [0.2, 0.25) is 0 Å². The van der Waals surface area contributed by atoms with Crippen LogP contribution in [0.25, 0.3) is 0 Å². The first-order valence-corrected chi connectivity index (χ1v) is 7.61. The van der Waals surface area contributed by atoms with E-state index in [1.54, 1.807) is 24.3 Å². The van der Waals surface area contributed by atoms with E-state index in [9.17, 15) is 17.6 Å². The molecule has 0 aliphatic rings. The highest BCUT2D eigenvalue weighted by Crippen LogP contribution is 2.44. The van der Waals surface area contributed by atoms with E-state index in [0.717, 1.165) is 18.2 Å². The number of para-hydroxylation sites is 1. The van der Waals surface area contributed by atoms with Gasteiger partial charge in [0.15, 0.2) is 0 Å². The number of hydrogen-bond acceptors (Lipinski definition) is 3. The van der Waals surface area contributed by atoms with Gasteiger partial charge in [0, 0.05) is 23.8 Å². The Morgan fingerprint density at radius 3 is 2.08 bits per heavy atom. The van der Waals surface area contributed by atoms with Gasteiger partial charge in [-0.1, -0.05) is 6.07 Å². The van der Waals surface area contributed by atoms with E-state index in [1.165, 1.54) is 36.5 Å². The number of halogens is 4. The Morgan fingerprint density at radius 1 is 0.885 bits per heavy atom. The minimum Gasteiger partial charge on any atom is -0.497 e. The molecule has 0 atom stereocenters. The molecule has 0 aliphatic carbocycles. The molecule has 0 saturated heterocycles. The second kappa shape index (κ2) is 7.03. The summed E-state index contributed by atoms with van der Waals surface area (Å²) >= 11 is 0. The van der Waals surface area contributed by atoms with Gasteiger partial charge in [-0.05, 0) is 48.5 Å². The predicted molar refractivity (Wildman–Crippen MR) is 90.4 cm³/mol. The number of rotatable bonds is 4. The van der Waals surface area contributed by atoms with E-state index in [0.29, 0.717) is 17.1 Å². The zero-order chi connectivity index (χ0) is 18.7. The lowest BCUT2D eigenvalue weighted by Gasteiger charge is -2.28. The lowest BCUT2D eigenvalue weighted by Crippen LogP contribution is -2.18. The Kier molecular flexibility index (Phi) is 4.79. The van der Waals surface area contributed by atoms with Crippen molar-refractivity contribution >= 4 is 17.1 Å². The fourth-order valence-corrected chi connectivity index (χ4v) is 2.60. The summed E-state index contributed by atoms with van der Waals surface area (Å²) in [6, 6.07) is 12.2. The van der Waals surface area contributed by atoms with E-state index >= 15 is 0 Å². The lowest BCUT2D eigenvalue weighted by atomic mass is 10.1. The van der Waals surface area contributed by atoms with Gasteiger partial charge in [-0.2, -0.15) is 13.2 Å². The number of anilines is 3. The van der Waals surface area contributed by atoms with Crippen LogP contribution in [0.5, 0.6) is 5.75 Å². The molecule has 134 valence electrons. The van der Waals surface area contributed by atoms with E-state index < -0.39 is 23.2 Å². The molecule has 0 N–H and O–H groups in total.